The van der Waals surface area contributed by atoms with Crippen molar-refractivity contribution in [3.8, 4) is 0 Å². The fourth-order valence-corrected chi connectivity index (χ4v) is 0. The molecule has 0 bridgehead atoms. The molecule has 0 aliphatic carbocycles. The van der Waals surface area contributed by atoms with Crippen LogP contribution < -0.4 is 0 Å². The molecule has 0 saturated heterocycles. The van der Waals surface area contributed by atoms with Crippen LogP contribution in [-0.2, 0) is 0 Å². The number of halogens is 3. The predicted octanol–water partition coefficient (Wildman–Crippen LogP) is 0.729. The number of rotatable bonds is 0. The second kappa shape index (κ2) is 11.4. The van der Waals surface area contributed by atoms with Crippen LogP contribution in [0, 0.1) is 30.7 Å². The van der Waals surface area contributed by atoms with E-state index in [1.54, 1.807) is 0 Å². The van der Waals surface area contributed by atoms with Gasteiger partial charge in [-0.3, -0.25) is 0 Å². The van der Waals surface area contributed by atoms with Crippen LogP contribution in [0.1, 0.15) is 2.85 Å². The Morgan fingerprint density at radius 3 is 1.17 bits per heavy atom. The van der Waals surface area contributed by atoms with E-state index in [-0.39, 0.29) is 43.3 Å². The summed E-state index contributed by atoms with van der Waals surface area (Å²) in [6.07, 6.45) is 0. The molecule has 0 saturated carbocycles. The Morgan fingerprint density at radius 1 is 1.17 bits per heavy atom. The van der Waals surface area contributed by atoms with Crippen molar-refractivity contribution in [2.24, 2.45) is 0 Å². The molecule has 0 aromatic heterocycles. The van der Waals surface area contributed by atoms with Gasteiger partial charge >= 0.3 is 70.6 Å². The summed E-state index contributed by atoms with van der Waals surface area (Å²) in [6.45, 7) is 0. The third kappa shape index (κ3) is 25.7. The molecule has 0 aromatic rings. The van der Waals surface area contributed by atoms with Gasteiger partial charge in [-0.2, -0.15) is 0 Å². The minimum atomic E-state index is -2.24. The van der Waals surface area contributed by atoms with Gasteiger partial charge in [0.15, 0.2) is 17.4 Å². The van der Waals surface area contributed by atoms with E-state index in [0.29, 0.717) is 0 Å². The van der Waals surface area contributed by atoms with Gasteiger partial charge in [0.05, 0.1) is 0 Å². The Morgan fingerprint density at radius 2 is 1.17 bits per heavy atom. The molecule has 35 valence electrons. The molecule has 0 radical (unpaired) electrons. The first kappa shape index (κ1) is 16.3. The van der Waals surface area contributed by atoms with E-state index in [0.717, 1.165) is 0 Å². The molecule has 6 heavy (non-hydrogen) atoms. The van der Waals surface area contributed by atoms with E-state index in [4.69, 9.17) is 16.9 Å². The maximum atomic E-state index is 5.02. The van der Waals surface area contributed by atoms with Crippen molar-refractivity contribution >= 4 is 57.3 Å². The van der Waals surface area contributed by atoms with Crippen molar-refractivity contribution in [1.29, 1.82) is 0 Å². The minimum Gasteiger partial charge on any atom is -1.00 e. The first-order valence-electron chi connectivity index (χ1n) is 0.567. The summed E-state index contributed by atoms with van der Waals surface area (Å²) in [7, 11) is 0. The van der Waals surface area contributed by atoms with Crippen molar-refractivity contribution in [3.05, 3.63) is 0 Å². The van der Waals surface area contributed by atoms with Crippen LogP contribution >= 0.6 is 16.9 Å². The van der Waals surface area contributed by atoms with Gasteiger partial charge in [0, 0.05) is 0 Å². The number of hydrogen-bond donors (Lipinski definition) is 0. The fraction of sp³-hybridized carbons (Fsp3) is 0. The monoisotopic (exact) mass is 301 g/mol. The Hall–Kier alpha value is 3.55. The molecule has 0 nitrogen and oxygen atoms in total. The standard InChI is InChI=1S/Al.Ce.3ClH.Mg.5H/h;;3*1H;;;;;;/q;+3;;;;+2;;;;2*-1/p-3. The zero-order valence-corrected chi connectivity index (χ0v) is 9.16. The quantitative estimate of drug-likeness (QED) is 0.579. The molecule has 0 amide bonds. The smallest absolute Gasteiger partial charge is 1.00 e. The molecule has 0 rings (SSSR count). The second-order valence-electron chi connectivity index (χ2n) is 0.214. The van der Waals surface area contributed by atoms with E-state index in [1.165, 1.54) is 0 Å². The third-order valence-corrected chi connectivity index (χ3v) is 0. The normalized spacial score (nSPS) is 4.50. The molecule has 0 heterocycles. The van der Waals surface area contributed by atoms with Crippen LogP contribution in [0.2, 0.25) is 0 Å². The molecule has 0 aliphatic rings. The molecule has 6 heteroatoms. The van der Waals surface area contributed by atoms with Gasteiger partial charge in [0.25, 0.3) is 0 Å². The summed E-state index contributed by atoms with van der Waals surface area (Å²) in [5, 5.41) is 0. The van der Waals surface area contributed by atoms with Crippen LogP contribution in [-0.4, -0.2) is 40.4 Å². The van der Waals surface area contributed by atoms with Gasteiger partial charge < -0.3 is 2.85 Å². The Bertz CT molecular complexity index is 22.0. The molecule has 0 fully saturated rings. The molecule has 0 N–H and O–H groups in total. The van der Waals surface area contributed by atoms with Crippen LogP contribution in [0.25, 0.3) is 0 Å². The zero-order chi connectivity index (χ0) is 3.58. The summed E-state index contributed by atoms with van der Waals surface area (Å²) in [5.74, 6) is 0. The summed E-state index contributed by atoms with van der Waals surface area (Å²) in [5.41, 5.74) is 15.1. The van der Waals surface area contributed by atoms with Gasteiger partial charge in [0.2, 0.25) is 0 Å². The van der Waals surface area contributed by atoms with E-state index in [1.807, 2.05) is 0 Å². The third-order valence-electron chi connectivity index (χ3n) is 0. The predicted molar refractivity (Wildman–Crippen MR) is 35.5 cm³/mol. The summed E-state index contributed by atoms with van der Waals surface area (Å²) in [6, 6.07) is 0. The van der Waals surface area contributed by atoms with E-state index in [9.17, 15) is 0 Å². The molecule has 0 spiro atoms. The summed E-state index contributed by atoms with van der Waals surface area (Å²) >= 11 is -2.24. The average molecular weight is 303 g/mol. The first-order chi connectivity index (χ1) is 1.73. The van der Waals surface area contributed by atoms with Crippen LogP contribution in [0.3, 0.4) is 0 Å². The van der Waals surface area contributed by atoms with Gasteiger partial charge in [0.1, 0.15) is 0 Å². The Balaban J connectivity index is -0.00000000750. The molecule has 0 unspecified atom stereocenters. The van der Waals surface area contributed by atoms with Gasteiger partial charge in [-0.1, -0.05) is 0 Å². The van der Waals surface area contributed by atoms with Crippen LogP contribution in [0.15, 0.2) is 0 Å². The minimum absolute atomic E-state index is 0. The first-order valence-corrected chi connectivity index (χ1v) is 12.4. The van der Waals surface area contributed by atoms with E-state index >= 15 is 0 Å². The maximum Gasteiger partial charge on any atom is 2.00 e. The average Bonchev–Trinajstić information content (AvgIpc) is 0.811. The molecular weight excluding hydrogens is 298 g/mol. The molecule has 0 aromatic carbocycles. The van der Waals surface area contributed by atoms with E-state index < -0.39 is 30.7 Å². The Labute approximate surface area is 88.4 Å². The second-order valence-corrected chi connectivity index (χ2v) is 14.0. The fourth-order valence-electron chi connectivity index (χ4n) is 0. The van der Waals surface area contributed by atoms with Crippen molar-refractivity contribution in [3.63, 3.8) is 0 Å². The van der Waals surface area contributed by atoms with Gasteiger partial charge in [-0.05, 0) is 0 Å². The van der Waals surface area contributed by atoms with Gasteiger partial charge in [-0.25, -0.2) is 0 Å². The van der Waals surface area contributed by atoms with Crippen molar-refractivity contribution in [1.82, 2.24) is 0 Å². The van der Waals surface area contributed by atoms with Crippen molar-refractivity contribution < 1.29 is 33.5 Å². The van der Waals surface area contributed by atoms with Crippen LogP contribution in [0.4, 0.5) is 0 Å². The molecular formula is H5AlCeCl3Mg. The molecule has 0 aliphatic heterocycles. The number of hydrogen-bond acceptors (Lipinski definition) is 0. The van der Waals surface area contributed by atoms with Crippen molar-refractivity contribution in [2.45, 2.75) is 0 Å². The summed E-state index contributed by atoms with van der Waals surface area (Å²) in [4.78, 5) is 0. The maximum absolute atomic E-state index is 5.02. The van der Waals surface area contributed by atoms with Crippen LogP contribution in [0.5, 0.6) is 0 Å². The zero-order valence-electron chi connectivity index (χ0n) is 4.34. The molecule has 0 atom stereocenters. The largest absolute Gasteiger partial charge is 2.00 e. The van der Waals surface area contributed by atoms with Crippen molar-refractivity contribution in [2.75, 3.05) is 0 Å². The topological polar surface area (TPSA) is 0 Å². The van der Waals surface area contributed by atoms with E-state index in [2.05, 4.69) is 0 Å². The summed E-state index contributed by atoms with van der Waals surface area (Å²) < 4.78 is 0. The SMILES string of the molecule is [AlH3].[Cl][Ce]([Cl])[Cl].[H-].[H-].[Mg+2]. The Kier molecular flexibility index (Phi) is 30.8. The van der Waals surface area contributed by atoms with Gasteiger partial charge in [-0.15, -0.1) is 0 Å².